The number of carbonyl (C=O) groups excluding carboxylic acids is 2. The zero-order chi connectivity index (χ0) is 13.9. The standard InChI is InChI=1S/C14H19N3O2S/c18-13-7-2-1-5-10(13)12-6-3-4-8-17(12)14(19)11-9-20-16-15-11/h9-10,12H,1-8H2. The molecule has 2 atom stereocenters. The Balaban J connectivity index is 1.80. The first-order valence-corrected chi connectivity index (χ1v) is 8.22. The fourth-order valence-electron chi connectivity index (χ4n) is 3.45. The lowest BCUT2D eigenvalue weighted by molar-refractivity contribution is -0.127. The largest absolute Gasteiger partial charge is 0.334 e. The lowest BCUT2D eigenvalue weighted by Crippen LogP contribution is -2.50. The minimum absolute atomic E-state index is 0.0413. The van der Waals surface area contributed by atoms with Crippen LogP contribution in [0.5, 0.6) is 0 Å². The van der Waals surface area contributed by atoms with Gasteiger partial charge in [-0.1, -0.05) is 10.9 Å². The number of rotatable bonds is 2. The Bertz CT molecular complexity index is 489. The summed E-state index contributed by atoms with van der Waals surface area (Å²) < 4.78 is 3.77. The normalized spacial score (nSPS) is 27.6. The van der Waals surface area contributed by atoms with Crippen LogP contribution in [0.15, 0.2) is 5.38 Å². The second kappa shape index (κ2) is 5.99. The van der Waals surface area contributed by atoms with E-state index in [1.54, 1.807) is 5.38 Å². The highest BCUT2D eigenvalue weighted by Crippen LogP contribution is 2.32. The Morgan fingerprint density at radius 2 is 2.10 bits per heavy atom. The molecular formula is C14H19N3O2S. The molecule has 1 aromatic heterocycles. The van der Waals surface area contributed by atoms with E-state index in [0.29, 0.717) is 17.9 Å². The van der Waals surface area contributed by atoms with Crippen LogP contribution in [0.2, 0.25) is 0 Å². The van der Waals surface area contributed by atoms with Gasteiger partial charge in [0.1, 0.15) is 5.78 Å². The highest BCUT2D eigenvalue weighted by atomic mass is 32.1. The van der Waals surface area contributed by atoms with Gasteiger partial charge in [0.05, 0.1) is 0 Å². The molecule has 1 aromatic rings. The quantitative estimate of drug-likeness (QED) is 0.839. The summed E-state index contributed by atoms with van der Waals surface area (Å²) in [6.07, 6.45) is 6.79. The molecule has 0 aromatic carbocycles. The first-order valence-electron chi connectivity index (χ1n) is 7.38. The van der Waals surface area contributed by atoms with E-state index < -0.39 is 0 Å². The molecular weight excluding hydrogens is 274 g/mol. The number of hydrogen-bond donors (Lipinski definition) is 0. The molecule has 6 heteroatoms. The maximum absolute atomic E-state index is 12.5. The minimum Gasteiger partial charge on any atom is -0.334 e. The van der Waals surface area contributed by atoms with Crippen molar-refractivity contribution in [1.29, 1.82) is 0 Å². The van der Waals surface area contributed by atoms with Crippen LogP contribution in [0.3, 0.4) is 0 Å². The van der Waals surface area contributed by atoms with Crippen LogP contribution in [0.25, 0.3) is 0 Å². The van der Waals surface area contributed by atoms with Crippen molar-refractivity contribution in [2.24, 2.45) is 5.92 Å². The molecule has 0 bridgehead atoms. The average molecular weight is 293 g/mol. The van der Waals surface area contributed by atoms with Crippen molar-refractivity contribution in [3.05, 3.63) is 11.1 Å². The number of piperidine rings is 1. The van der Waals surface area contributed by atoms with Crippen molar-refractivity contribution in [2.75, 3.05) is 6.54 Å². The number of nitrogens with zero attached hydrogens (tertiary/aromatic N) is 3. The van der Waals surface area contributed by atoms with Crippen LogP contribution >= 0.6 is 11.5 Å². The topological polar surface area (TPSA) is 63.2 Å². The van der Waals surface area contributed by atoms with Gasteiger partial charge in [-0.3, -0.25) is 9.59 Å². The molecule has 1 aliphatic carbocycles. The van der Waals surface area contributed by atoms with Crippen LogP contribution in [0.1, 0.15) is 55.4 Å². The van der Waals surface area contributed by atoms with Crippen LogP contribution < -0.4 is 0 Å². The molecule has 2 unspecified atom stereocenters. The highest BCUT2D eigenvalue weighted by Gasteiger charge is 2.38. The van der Waals surface area contributed by atoms with Gasteiger partial charge in [-0.15, -0.1) is 5.10 Å². The van der Waals surface area contributed by atoms with Crippen molar-refractivity contribution >= 4 is 23.2 Å². The van der Waals surface area contributed by atoms with Gasteiger partial charge in [-0.05, 0) is 43.6 Å². The van der Waals surface area contributed by atoms with Gasteiger partial charge >= 0.3 is 0 Å². The van der Waals surface area contributed by atoms with E-state index in [4.69, 9.17) is 0 Å². The molecule has 5 nitrogen and oxygen atoms in total. The highest BCUT2D eigenvalue weighted by molar-refractivity contribution is 7.03. The van der Waals surface area contributed by atoms with E-state index in [9.17, 15) is 9.59 Å². The van der Waals surface area contributed by atoms with Gasteiger partial charge in [0.15, 0.2) is 5.69 Å². The second-order valence-electron chi connectivity index (χ2n) is 5.67. The van der Waals surface area contributed by atoms with E-state index in [2.05, 4.69) is 9.59 Å². The smallest absolute Gasteiger partial charge is 0.275 e. The summed E-state index contributed by atoms with van der Waals surface area (Å²) in [7, 11) is 0. The van der Waals surface area contributed by atoms with Gasteiger partial charge in [0, 0.05) is 30.3 Å². The van der Waals surface area contributed by atoms with Crippen molar-refractivity contribution < 1.29 is 9.59 Å². The Labute approximate surface area is 122 Å². The van der Waals surface area contributed by atoms with Crippen molar-refractivity contribution in [3.8, 4) is 0 Å². The summed E-state index contributed by atoms with van der Waals surface area (Å²) in [5.74, 6) is 0.332. The summed E-state index contributed by atoms with van der Waals surface area (Å²) in [5.41, 5.74) is 0.421. The van der Waals surface area contributed by atoms with Crippen molar-refractivity contribution in [2.45, 2.75) is 51.0 Å². The summed E-state index contributed by atoms with van der Waals surface area (Å²) in [6, 6.07) is 0.0748. The van der Waals surface area contributed by atoms with Crippen LogP contribution in [0, 0.1) is 5.92 Å². The molecule has 108 valence electrons. The predicted octanol–water partition coefficient (Wildman–Crippen LogP) is 2.29. The fourth-order valence-corrected chi connectivity index (χ4v) is 3.88. The van der Waals surface area contributed by atoms with Gasteiger partial charge in [0.2, 0.25) is 0 Å². The second-order valence-corrected chi connectivity index (χ2v) is 6.28. The van der Waals surface area contributed by atoms with Crippen molar-refractivity contribution in [1.82, 2.24) is 14.5 Å². The number of aromatic nitrogens is 2. The van der Waals surface area contributed by atoms with Crippen molar-refractivity contribution in [3.63, 3.8) is 0 Å². The Hall–Kier alpha value is -1.30. The summed E-state index contributed by atoms with van der Waals surface area (Å²) in [4.78, 5) is 26.6. The molecule has 1 amide bonds. The number of likely N-dealkylation sites (tertiary alicyclic amines) is 1. The third kappa shape index (κ3) is 2.61. The van der Waals surface area contributed by atoms with Crippen LogP contribution in [0.4, 0.5) is 0 Å². The van der Waals surface area contributed by atoms with Crippen LogP contribution in [-0.4, -0.2) is 38.8 Å². The van der Waals surface area contributed by atoms with Gasteiger partial charge < -0.3 is 4.90 Å². The van der Waals surface area contributed by atoms with Crippen LogP contribution in [-0.2, 0) is 4.79 Å². The monoisotopic (exact) mass is 293 g/mol. The summed E-state index contributed by atoms with van der Waals surface area (Å²) >= 11 is 1.19. The third-order valence-corrected chi connectivity index (χ3v) is 4.96. The average Bonchev–Trinajstić information content (AvgIpc) is 3.01. The maximum atomic E-state index is 12.5. The zero-order valence-electron chi connectivity index (χ0n) is 11.5. The molecule has 0 radical (unpaired) electrons. The molecule has 3 rings (SSSR count). The SMILES string of the molecule is O=C1CCCCC1C1CCCCN1C(=O)c1csnn1. The van der Waals surface area contributed by atoms with Gasteiger partial charge in [-0.2, -0.15) is 0 Å². The summed E-state index contributed by atoms with van der Waals surface area (Å²) in [6.45, 7) is 0.741. The lowest BCUT2D eigenvalue weighted by Gasteiger charge is -2.40. The first kappa shape index (κ1) is 13.7. The molecule has 1 saturated heterocycles. The number of amides is 1. The van der Waals surface area contributed by atoms with Gasteiger partial charge in [0.25, 0.3) is 5.91 Å². The van der Waals surface area contributed by atoms with E-state index in [1.807, 2.05) is 4.90 Å². The number of ketones is 1. The van der Waals surface area contributed by atoms with E-state index >= 15 is 0 Å². The summed E-state index contributed by atoms with van der Waals surface area (Å²) in [5, 5.41) is 5.57. The lowest BCUT2D eigenvalue weighted by atomic mass is 9.79. The third-order valence-electron chi connectivity index (χ3n) is 4.46. The zero-order valence-corrected chi connectivity index (χ0v) is 12.3. The Morgan fingerprint density at radius 1 is 1.25 bits per heavy atom. The maximum Gasteiger partial charge on any atom is 0.275 e. The first-order chi connectivity index (χ1) is 9.77. The molecule has 1 aliphatic heterocycles. The molecule has 2 heterocycles. The van der Waals surface area contributed by atoms with E-state index in [1.165, 1.54) is 11.5 Å². The number of Topliss-reactive ketones (excluding diaryl/α,β-unsaturated/α-hetero) is 1. The Morgan fingerprint density at radius 3 is 2.85 bits per heavy atom. The molecule has 0 N–H and O–H groups in total. The molecule has 20 heavy (non-hydrogen) atoms. The fraction of sp³-hybridized carbons (Fsp3) is 0.714. The van der Waals surface area contributed by atoms with Gasteiger partial charge in [-0.25, -0.2) is 0 Å². The number of carbonyl (C=O) groups is 2. The van der Waals surface area contributed by atoms with E-state index in [-0.39, 0.29) is 17.9 Å². The minimum atomic E-state index is -0.0539. The molecule has 1 saturated carbocycles. The van der Waals surface area contributed by atoms with E-state index in [0.717, 1.165) is 45.1 Å². The predicted molar refractivity (Wildman–Crippen MR) is 75.5 cm³/mol. The molecule has 2 fully saturated rings. The molecule has 2 aliphatic rings. The number of hydrogen-bond acceptors (Lipinski definition) is 5. The Kier molecular flexibility index (Phi) is 4.10. The molecule has 0 spiro atoms.